The van der Waals surface area contributed by atoms with E-state index in [-0.39, 0.29) is 11.9 Å². The number of rotatable bonds is 14. The lowest BCUT2D eigenvalue weighted by molar-refractivity contribution is -0.122. The Bertz CT molecular complexity index is 1020. The van der Waals surface area contributed by atoms with E-state index in [4.69, 9.17) is 18.5 Å². The van der Waals surface area contributed by atoms with Crippen molar-refractivity contribution in [1.29, 1.82) is 0 Å². The highest BCUT2D eigenvalue weighted by Gasteiger charge is 2.58. The van der Waals surface area contributed by atoms with E-state index in [1.54, 1.807) is 44.2 Å². The van der Waals surface area contributed by atoms with Crippen LogP contribution in [-0.4, -0.2) is 85.2 Å². The third-order valence-corrected chi connectivity index (χ3v) is 7.28. The number of aliphatic imine (C=N–C) groups is 1. The lowest BCUT2D eigenvalue weighted by atomic mass is 10.1. The Kier molecular flexibility index (Phi) is 11.6. The van der Waals surface area contributed by atoms with Crippen LogP contribution in [-0.2, 0) is 23.4 Å². The minimum absolute atomic E-state index is 0.102. The molecule has 212 valence electrons. The molecule has 12 nitrogen and oxygen atoms in total. The number of allylic oxidation sites excluding steroid dienone is 1. The van der Waals surface area contributed by atoms with E-state index in [1.807, 2.05) is 13.8 Å². The molecule has 0 spiro atoms. The van der Waals surface area contributed by atoms with Crippen molar-refractivity contribution in [3.63, 3.8) is 0 Å². The van der Waals surface area contributed by atoms with Gasteiger partial charge in [0.1, 0.15) is 24.7 Å². The third-order valence-electron chi connectivity index (χ3n) is 5.64. The molecule has 1 aliphatic rings. The standard InChI is InChI=1S/C24H36FN4O8P/c1-16(2)35-18(4)17(3)28-38(33,37-19-11-8-7-9-12-19)34-15-24(27-6)21(31)20(25)22(36-24)29(13-10-14-30)23(32)26-5/h7-14,16-18,20-22,31H,6,15H2,1-5H3,(H,26,32)(H,28,33)/b13-10-/t17?,18?,20-,21+,22-,24-,38?/m1/s1. The smallest absolute Gasteiger partial charge is 0.413 e. The van der Waals surface area contributed by atoms with E-state index in [0.29, 0.717) is 6.29 Å². The number of alkyl halides is 1. The van der Waals surface area contributed by atoms with E-state index in [2.05, 4.69) is 22.1 Å². The Morgan fingerprint density at radius 3 is 2.55 bits per heavy atom. The molecule has 0 aliphatic carbocycles. The number of benzene rings is 1. The number of carbonyl (C=O) groups excluding carboxylic acids is 2. The van der Waals surface area contributed by atoms with Gasteiger partial charge in [-0.3, -0.25) is 19.2 Å². The topological polar surface area (TPSA) is 148 Å². The van der Waals surface area contributed by atoms with Crippen molar-refractivity contribution in [1.82, 2.24) is 15.3 Å². The predicted molar refractivity (Wildman–Crippen MR) is 138 cm³/mol. The summed E-state index contributed by atoms with van der Waals surface area (Å²) in [5.74, 6) is 0.215. The Balaban J connectivity index is 2.33. The van der Waals surface area contributed by atoms with Gasteiger partial charge in [0.15, 0.2) is 12.4 Å². The monoisotopic (exact) mass is 558 g/mol. The summed E-state index contributed by atoms with van der Waals surface area (Å²) in [7, 11) is -2.93. The average Bonchev–Trinajstić information content (AvgIpc) is 3.13. The maximum absolute atomic E-state index is 15.2. The molecule has 1 heterocycles. The molecule has 3 unspecified atom stereocenters. The fourth-order valence-corrected chi connectivity index (χ4v) is 5.21. The highest BCUT2D eigenvalue weighted by atomic mass is 31.2. The van der Waals surface area contributed by atoms with Gasteiger partial charge in [-0.05, 0) is 52.6 Å². The Morgan fingerprint density at radius 2 is 2.00 bits per heavy atom. The van der Waals surface area contributed by atoms with Gasteiger partial charge in [-0.25, -0.2) is 18.8 Å². The highest BCUT2D eigenvalue weighted by Crippen LogP contribution is 2.48. The largest absolute Gasteiger partial charge is 0.459 e. The van der Waals surface area contributed by atoms with Gasteiger partial charge in [-0.2, -0.15) is 0 Å². The number of hydrogen-bond acceptors (Lipinski definition) is 9. The van der Waals surface area contributed by atoms with Gasteiger partial charge in [0, 0.05) is 19.3 Å². The molecule has 2 amide bonds. The number of hydrogen-bond donors (Lipinski definition) is 3. The van der Waals surface area contributed by atoms with Crippen LogP contribution in [0.25, 0.3) is 0 Å². The van der Waals surface area contributed by atoms with Crippen LogP contribution in [0.5, 0.6) is 5.75 Å². The van der Waals surface area contributed by atoms with Crippen LogP contribution < -0.4 is 14.9 Å². The van der Waals surface area contributed by atoms with Crippen molar-refractivity contribution >= 4 is 26.8 Å². The number of aldehydes is 1. The third kappa shape index (κ3) is 7.92. The number of urea groups is 1. The summed E-state index contributed by atoms with van der Waals surface area (Å²) < 4.78 is 51.8. The average molecular weight is 559 g/mol. The molecular formula is C24H36FN4O8P. The number of aliphatic hydroxyl groups excluding tert-OH is 1. The molecule has 2 rings (SSSR count). The number of carbonyl (C=O) groups is 2. The van der Waals surface area contributed by atoms with Crippen LogP contribution in [0.1, 0.15) is 27.7 Å². The summed E-state index contributed by atoms with van der Waals surface area (Å²) in [6.45, 7) is 9.82. The molecular weight excluding hydrogens is 522 g/mol. The van der Waals surface area contributed by atoms with Crippen molar-refractivity contribution < 1.29 is 42.2 Å². The Hall–Kier alpha value is -2.67. The molecule has 0 saturated carbocycles. The lowest BCUT2D eigenvalue weighted by Crippen LogP contribution is -2.46. The molecule has 1 fully saturated rings. The predicted octanol–water partition coefficient (Wildman–Crippen LogP) is 2.79. The molecule has 0 radical (unpaired) electrons. The molecule has 0 bridgehead atoms. The van der Waals surface area contributed by atoms with Crippen molar-refractivity contribution in [3.05, 3.63) is 42.6 Å². The number of para-hydroxylation sites is 1. The first-order valence-corrected chi connectivity index (χ1v) is 13.5. The summed E-state index contributed by atoms with van der Waals surface area (Å²) in [6.07, 6.45) is -4.08. The van der Waals surface area contributed by atoms with E-state index >= 15 is 4.39 Å². The first-order chi connectivity index (χ1) is 17.9. The highest BCUT2D eigenvalue weighted by molar-refractivity contribution is 7.52. The zero-order valence-electron chi connectivity index (χ0n) is 22.0. The number of nitrogens with zero attached hydrogens (tertiary/aromatic N) is 2. The second-order valence-electron chi connectivity index (χ2n) is 8.82. The number of amides is 2. The normalized spacial score (nSPS) is 26.5. The maximum atomic E-state index is 15.2. The summed E-state index contributed by atoms with van der Waals surface area (Å²) >= 11 is 0. The zero-order chi connectivity index (χ0) is 28.5. The van der Waals surface area contributed by atoms with Crippen LogP contribution in [0.2, 0.25) is 0 Å². The van der Waals surface area contributed by atoms with Gasteiger partial charge in [0.25, 0.3) is 0 Å². The molecule has 1 aromatic carbocycles. The van der Waals surface area contributed by atoms with Gasteiger partial charge >= 0.3 is 13.8 Å². The fourth-order valence-electron chi connectivity index (χ4n) is 3.57. The van der Waals surface area contributed by atoms with Crippen LogP contribution >= 0.6 is 7.75 Å². The number of ether oxygens (including phenoxy) is 2. The SMILES string of the molecule is C=N[C@]1(COP(=O)(NC(C)C(C)OC(C)C)Oc2ccccc2)O[C@@H](N(/C=C\C=O)C(=O)NC)[C@H](F)[C@@H]1O. The van der Waals surface area contributed by atoms with Gasteiger partial charge in [-0.15, -0.1) is 0 Å². The molecule has 1 saturated heterocycles. The van der Waals surface area contributed by atoms with Gasteiger partial charge < -0.3 is 24.4 Å². The maximum Gasteiger partial charge on any atom is 0.459 e. The van der Waals surface area contributed by atoms with Crippen LogP contribution in [0.4, 0.5) is 9.18 Å². The number of halogens is 1. The van der Waals surface area contributed by atoms with E-state index in [0.717, 1.165) is 17.2 Å². The summed E-state index contributed by atoms with van der Waals surface area (Å²) in [5.41, 5.74) is -2.17. The molecule has 1 aromatic rings. The first-order valence-electron chi connectivity index (χ1n) is 11.9. The summed E-state index contributed by atoms with van der Waals surface area (Å²) in [5, 5.41) is 15.8. The quantitative estimate of drug-likeness (QED) is 0.136. The molecule has 0 aromatic heterocycles. The number of aliphatic hydroxyl groups is 1. The van der Waals surface area contributed by atoms with Gasteiger partial charge in [-0.1, -0.05) is 18.2 Å². The van der Waals surface area contributed by atoms with Crippen molar-refractivity contribution in [2.24, 2.45) is 4.99 Å². The second kappa shape index (κ2) is 13.9. The first kappa shape index (κ1) is 31.5. The van der Waals surface area contributed by atoms with Crippen molar-refractivity contribution in [2.75, 3.05) is 13.7 Å². The summed E-state index contributed by atoms with van der Waals surface area (Å²) in [4.78, 5) is 27.6. The van der Waals surface area contributed by atoms with Crippen LogP contribution in [0.3, 0.4) is 0 Å². The minimum atomic E-state index is -4.22. The van der Waals surface area contributed by atoms with E-state index in [1.165, 1.54) is 7.05 Å². The Labute approximate surface area is 221 Å². The molecule has 3 N–H and O–H groups in total. The molecule has 7 atom stereocenters. The Morgan fingerprint density at radius 1 is 1.34 bits per heavy atom. The number of nitrogens with one attached hydrogen (secondary N) is 2. The lowest BCUT2D eigenvalue weighted by Gasteiger charge is -2.32. The molecule has 14 heteroatoms. The summed E-state index contributed by atoms with van der Waals surface area (Å²) in [6, 6.07) is 6.85. The van der Waals surface area contributed by atoms with Gasteiger partial charge in [0.2, 0.25) is 5.72 Å². The minimum Gasteiger partial charge on any atom is -0.413 e. The zero-order valence-corrected chi connectivity index (χ0v) is 22.9. The molecule has 1 aliphatic heterocycles. The van der Waals surface area contributed by atoms with Crippen molar-refractivity contribution in [2.45, 2.75) is 70.2 Å². The second-order valence-corrected chi connectivity index (χ2v) is 10.5. The van der Waals surface area contributed by atoms with Gasteiger partial charge in [0.05, 0.1) is 12.2 Å². The molecule has 38 heavy (non-hydrogen) atoms. The van der Waals surface area contributed by atoms with E-state index < -0.39 is 56.8 Å². The van der Waals surface area contributed by atoms with Crippen LogP contribution in [0.15, 0.2) is 47.6 Å². The van der Waals surface area contributed by atoms with Crippen molar-refractivity contribution in [3.8, 4) is 5.75 Å². The van der Waals surface area contributed by atoms with Crippen LogP contribution in [0, 0.1) is 0 Å². The van der Waals surface area contributed by atoms with E-state index in [9.17, 15) is 19.3 Å². The fraction of sp³-hybridized carbons (Fsp3) is 0.542.